The lowest BCUT2D eigenvalue weighted by Gasteiger charge is -2.32. The molecule has 1 heterocycles. The highest BCUT2D eigenvalue weighted by atomic mass is 35.5. The van der Waals surface area contributed by atoms with Gasteiger partial charge in [-0.2, -0.15) is 18.4 Å². The molecule has 0 radical (unpaired) electrons. The minimum absolute atomic E-state index is 0.135. The third-order valence-electron chi connectivity index (χ3n) is 3.39. The third-order valence-corrected chi connectivity index (χ3v) is 3.62. The van der Waals surface area contributed by atoms with Crippen LogP contribution in [0.5, 0.6) is 0 Å². The van der Waals surface area contributed by atoms with Gasteiger partial charge in [-0.3, -0.25) is 9.59 Å². The molecule has 9 heteroatoms. The molecule has 23 heavy (non-hydrogen) atoms. The van der Waals surface area contributed by atoms with Crippen LogP contribution in [0.1, 0.15) is 10.4 Å². The second-order valence-electron chi connectivity index (χ2n) is 4.81. The molecule has 0 aliphatic carbocycles. The Kier molecular flexibility index (Phi) is 4.09. The van der Waals surface area contributed by atoms with E-state index >= 15 is 0 Å². The zero-order valence-electron chi connectivity index (χ0n) is 11.4. The van der Waals surface area contributed by atoms with Gasteiger partial charge in [-0.15, -0.1) is 0 Å². The van der Waals surface area contributed by atoms with Gasteiger partial charge in [0.2, 0.25) is 5.54 Å². The number of halogens is 4. The van der Waals surface area contributed by atoms with Crippen molar-refractivity contribution in [1.82, 2.24) is 10.6 Å². The van der Waals surface area contributed by atoms with Crippen molar-refractivity contribution in [3.05, 3.63) is 47.1 Å². The van der Waals surface area contributed by atoms with Gasteiger partial charge in [-0.1, -0.05) is 24.2 Å². The number of benzene rings is 1. The molecule has 1 fully saturated rings. The highest BCUT2D eigenvalue weighted by Gasteiger charge is 2.70. The second kappa shape index (κ2) is 5.59. The van der Waals surface area contributed by atoms with E-state index in [-0.39, 0.29) is 10.6 Å². The Bertz CT molecular complexity index is 742. The minimum atomic E-state index is -5.20. The molecule has 1 aliphatic heterocycles. The van der Waals surface area contributed by atoms with Crippen LogP contribution >= 0.6 is 11.6 Å². The zero-order valence-corrected chi connectivity index (χ0v) is 12.1. The Hall–Kier alpha value is -2.53. The standard InChI is InChI=1S/C14H9ClF3N3O2/c1-7-10(6-19)13(12(23)20-7,14(16,17)18)21-11(22)8-3-2-4-9(15)5-8/h2-5,10H,1H2,(H,20,23)(H,21,22)/t10-,13+/m0/s1. The molecule has 2 atom stereocenters. The number of alkyl halides is 3. The molecule has 2 rings (SSSR count). The number of nitriles is 1. The van der Waals surface area contributed by atoms with E-state index in [2.05, 4.69) is 6.58 Å². The third kappa shape index (κ3) is 2.64. The molecule has 0 saturated carbocycles. The first-order valence-electron chi connectivity index (χ1n) is 6.18. The summed E-state index contributed by atoms with van der Waals surface area (Å²) in [7, 11) is 0. The fraction of sp³-hybridized carbons (Fsp3) is 0.214. The molecule has 2 amide bonds. The van der Waals surface area contributed by atoms with Gasteiger partial charge in [0, 0.05) is 16.3 Å². The van der Waals surface area contributed by atoms with Crippen LogP contribution in [-0.2, 0) is 4.79 Å². The normalized spacial score (nSPS) is 24.0. The summed E-state index contributed by atoms with van der Waals surface area (Å²) in [6.07, 6.45) is -5.20. The molecule has 1 aromatic rings. The van der Waals surface area contributed by atoms with Crippen LogP contribution in [-0.4, -0.2) is 23.5 Å². The van der Waals surface area contributed by atoms with Gasteiger partial charge in [-0.25, -0.2) is 0 Å². The van der Waals surface area contributed by atoms with Crippen LogP contribution < -0.4 is 10.6 Å². The highest BCUT2D eigenvalue weighted by Crippen LogP contribution is 2.42. The van der Waals surface area contributed by atoms with Crippen LogP contribution in [0.4, 0.5) is 13.2 Å². The summed E-state index contributed by atoms with van der Waals surface area (Å²) in [5.41, 5.74) is -4.01. The van der Waals surface area contributed by atoms with Crippen molar-refractivity contribution in [3.8, 4) is 6.07 Å². The van der Waals surface area contributed by atoms with Gasteiger partial charge in [0.05, 0.1) is 6.07 Å². The summed E-state index contributed by atoms with van der Waals surface area (Å²) < 4.78 is 40.6. The average molecular weight is 344 g/mol. The molecular formula is C14H9ClF3N3O2. The second-order valence-corrected chi connectivity index (χ2v) is 5.25. The molecule has 0 aromatic heterocycles. The van der Waals surface area contributed by atoms with Crippen LogP contribution in [0.15, 0.2) is 36.5 Å². The van der Waals surface area contributed by atoms with Crippen LogP contribution in [0.2, 0.25) is 5.02 Å². The Morgan fingerprint density at radius 1 is 1.48 bits per heavy atom. The van der Waals surface area contributed by atoms with Gasteiger partial charge in [-0.05, 0) is 18.2 Å². The first-order valence-corrected chi connectivity index (χ1v) is 6.56. The zero-order chi connectivity index (χ0) is 17.4. The topological polar surface area (TPSA) is 82.0 Å². The lowest BCUT2D eigenvalue weighted by atomic mass is 9.84. The van der Waals surface area contributed by atoms with E-state index in [1.165, 1.54) is 24.3 Å². The number of hydrogen-bond donors (Lipinski definition) is 2. The Balaban J connectivity index is 2.50. The number of amides is 2. The van der Waals surface area contributed by atoms with Crippen LogP contribution in [0.25, 0.3) is 0 Å². The summed E-state index contributed by atoms with van der Waals surface area (Å²) in [5.74, 6) is -4.73. The lowest BCUT2D eigenvalue weighted by molar-refractivity contribution is -0.197. The van der Waals surface area contributed by atoms with E-state index in [1.807, 2.05) is 5.32 Å². The first kappa shape index (κ1) is 16.8. The molecule has 1 aliphatic rings. The minimum Gasteiger partial charge on any atom is -0.329 e. The fourth-order valence-corrected chi connectivity index (χ4v) is 2.45. The van der Waals surface area contributed by atoms with Crippen molar-refractivity contribution in [2.24, 2.45) is 5.92 Å². The van der Waals surface area contributed by atoms with E-state index in [1.54, 1.807) is 5.32 Å². The number of nitrogens with one attached hydrogen (secondary N) is 2. The Labute approximate surface area is 133 Å². The van der Waals surface area contributed by atoms with Gasteiger partial charge < -0.3 is 10.6 Å². The smallest absolute Gasteiger partial charge is 0.329 e. The molecule has 5 nitrogen and oxygen atoms in total. The van der Waals surface area contributed by atoms with Gasteiger partial charge >= 0.3 is 6.18 Å². The molecule has 0 bridgehead atoms. The number of nitrogens with zero attached hydrogens (tertiary/aromatic N) is 1. The summed E-state index contributed by atoms with van der Waals surface area (Å²) >= 11 is 5.69. The van der Waals surface area contributed by atoms with Gasteiger partial charge in [0.15, 0.2) is 0 Å². The van der Waals surface area contributed by atoms with Gasteiger partial charge in [0.25, 0.3) is 11.8 Å². The average Bonchev–Trinajstić information content (AvgIpc) is 2.69. The maximum Gasteiger partial charge on any atom is 0.422 e. The predicted molar refractivity (Wildman–Crippen MR) is 74.1 cm³/mol. The maximum atomic E-state index is 13.5. The van der Waals surface area contributed by atoms with Crippen molar-refractivity contribution >= 4 is 23.4 Å². The van der Waals surface area contributed by atoms with E-state index in [9.17, 15) is 22.8 Å². The van der Waals surface area contributed by atoms with E-state index in [4.69, 9.17) is 16.9 Å². The number of rotatable bonds is 2. The Morgan fingerprint density at radius 2 is 2.13 bits per heavy atom. The van der Waals surface area contributed by atoms with E-state index in [0.717, 1.165) is 6.07 Å². The predicted octanol–water partition coefficient (Wildman–Crippen LogP) is 2.15. The van der Waals surface area contributed by atoms with E-state index in [0.29, 0.717) is 0 Å². The van der Waals surface area contributed by atoms with E-state index < -0.39 is 35.1 Å². The summed E-state index contributed by atoms with van der Waals surface area (Å²) in [4.78, 5) is 24.0. The number of hydrogen-bond acceptors (Lipinski definition) is 3. The fourth-order valence-electron chi connectivity index (χ4n) is 2.26. The summed E-state index contributed by atoms with van der Waals surface area (Å²) in [6.45, 7) is 3.23. The van der Waals surface area contributed by atoms with Crippen molar-refractivity contribution in [1.29, 1.82) is 5.26 Å². The maximum absolute atomic E-state index is 13.5. The summed E-state index contributed by atoms with van der Waals surface area (Å²) in [5, 5.41) is 12.6. The SMILES string of the molecule is C=C1NC(=O)[C@@](NC(=O)c2cccc(Cl)c2)(C(F)(F)F)[C@H]1C#N. The van der Waals surface area contributed by atoms with Crippen molar-refractivity contribution < 1.29 is 22.8 Å². The molecular weight excluding hydrogens is 335 g/mol. The van der Waals surface area contributed by atoms with Crippen LogP contribution in [0.3, 0.4) is 0 Å². The van der Waals surface area contributed by atoms with Crippen molar-refractivity contribution in [3.63, 3.8) is 0 Å². The van der Waals surface area contributed by atoms with Crippen molar-refractivity contribution in [2.75, 3.05) is 0 Å². The monoisotopic (exact) mass is 343 g/mol. The largest absolute Gasteiger partial charge is 0.422 e. The van der Waals surface area contributed by atoms with Crippen LogP contribution in [0, 0.1) is 17.2 Å². The molecule has 2 N–H and O–H groups in total. The molecule has 0 unspecified atom stereocenters. The number of carbonyl (C=O) groups excluding carboxylic acids is 2. The van der Waals surface area contributed by atoms with Gasteiger partial charge in [0.1, 0.15) is 5.92 Å². The Morgan fingerprint density at radius 3 is 2.65 bits per heavy atom. The molecule has 1 saturated heterocycles. The number of carbonyl (C=O) groups is 2. The molecule has 0 spiro atoms. The summed E-state index contributed by atoms with van der Waals surface area (Å²) in [6, 6.07) is 6.54. The quantitative estimate of drug-likeness (QED) is 0.863. The lowest BCUT2D eigenvalue weighted by Crippen LogP contribution is -2.66. The first-order chi connectivity index (χ1) is 10.6. The van der Waals surface area contributed by atoms with Crippen molar-refractivity contribution in [2.45, 2.75) is 11.7 Å². The molecule has 120 valence electrons. The molecule has 1 aromatic carbocycles. The highest BCUT2D eigenvalue weighted by molar-refractivity contribution is 6.31.